The van der Waals surface area contributed by atoms with Crippen LogP contribution in [0.5, 0.6) is 0 Å². The highest BCUT2D eigenvalue weighted by Crippen LogP contribution is 2.35. The number of rotatable bonds is 3. The predicted molar refractivity (Wildman–Crippen MR) is 72.9 cm³/mol. The zero-order valence-corrected chi connectivity index (χ0v) is 11.6. The average molecular weight is 272 g/mol. The molecule has 1 aromatic carbocycles. The van der Waals surface area contributed by atoms with Crippen LogP contribution < -0.4 is 5.32 Å². The van der Waals surface area contributed by atoms with Gasteiger partial charge in [0.1, 0.15) is 10.8 Å². The molecule has 17 heavy (non-hydrogen) atoms. The van der Waals surface area contributed by atoms with Gasteiger partial charge in [0, 0.05) is 5.39 Å². The highest BCUT2D eigenvalue weighted by atomic mass is 35.5. The first-order chi connectivity index (χ1) is 8.04. The van der Waals surface area contributed by atoms with Gasteiger partial charge in [0.05, 0.1) is 11.1 Å². The third kappa shape index (κ3) is 2.30. The van der Waals surface area contributed by atoms with Gasteiger partial charge in [-0.25, -0.2) is 0 Å². The molecule has 1 unspecified atom stereocenters. The SMILES string of the molecule is CNC(c1cc2ccc(Cl)c(Cl)c2o1)C(C)C. The van der Waals surface area contributed by atoms with E-state index in [4.69, 9.17) is 27.6 Å². The lowest BCUT2D eigenvalue weighted by Crippen LogP contribution is -2.20. The van der Waals surface area contributed by atoms with Gasteiger partial charge in [-0.05, 0) is 31.2 Å². The summed E-state index contributed by atoms with van der Waals surface area (Å²) >= 11 is 12.1. The first kappa shape index (κ1) is 12.7. The van der Waals surface area contributed by atoms with Crippen LogP contribution in [0.25, 0.3) is 11.0 Å². The van der Waals surface area contributed by atoms with Crippen LogP contribution in [-0.2, 0) is 0 Å². The molecular weight excluding hydrogens is 257 g/mol. The van der Waals surface area contributed by atoms with Crippen molar-refractivity contribution in [2.24, 2.45) is 5.92 Å². The number of hydrogen-bond acceptors (Lipinski definition) is 2. The second kappa shape index (κ2) is 4.89. The Morgan fingerprint density at radius 2 is 1.94 bits per heavy atom. The highest BCUT2D eigenvalue weighted by Gasteiger charge is 2.19. The molecule has 2 aromatic rings. The summed E-state index contributed by atoms with van der Waals surface area (Å²) in [6.45, 7) is 4.28. The second-order valence-electron chi connectivity index (χ2n) is 4.44. The lowest BCUT2D eigenvalue weighted by atomic mass is 10.0. The maximum Gasteiger partial charge on any atom is 0.154 e. The number of halogens is 2. The Morgan fingerprint density at radius 3 is 2.53 bits per heavy atom. The molecule has 1 N–H and O–H groups in total. The number of hydrogen-bond donors (Lipinski definition) is 1. The molecule has 0 bridgehead atoms. The van der Waals surface area contributed by atoms with E-state index < -0.39 is 0 Å². The number of benzene rings is 1. The van der Waals surface area contributed by atoms with E-state index in [0.717, 1.165) is 11.1 Å². The van der Waals surface area contributed by atoms with E-state index in [-0.39, 0.29) is 6.04 Å². The van der Waals surface area contributed by atoms with Gasteiger partial charge in [-0.15, -0.1) is 0 Å². The fourth-order valence-corrected chi connectivity index (χ4v) is 2.38. The average Bonchev–Trinajstić information content (AvgIpc) is 2.68. The Balaban J connectivity index is 2.54. The molecule has 0 fully saturated rings. The molecule has 0 saturated heterocycles. The molecule has 1 atom stereocenters. The maximum absolute atomic E-state index is 6.12. The summed E-state index contributed by atoms with van der Waals surface area (Å²) in [7, 11) is 1.92. The van der Waals surface area contributed by atoms with Crippen molar-refractivity contribution in [1.82, 2.24) is 5.32 Å². The van der Waals surface area contributed by atoms with Crippen molar-refractivity contribution in [2.45, 2.75) is 19.9 Å². The standard InChI is InChI=1S/C13H15Cl2NO/c1-7(2)12(16-3)10-6-8-4-5-9(14)11(15)13(8)17-10/h4-7,12,16H,1-3H3. The quantitative estimate of drug-likeness (QED) is 0.879. The molecule has 0 radical (unpaired) electrons. The van der Waals surface area contributed by atoms with Crippen LogP contribution >= 0.6 is 23.2 Å². The van der Waals surface area contributed by atoms with Crippen molar-refractivity contribution < 1.29 is 4.42 Å². The zero-order chi connectivity index (χ0) is 12.6. The molecule has 0 saturated carbocycles. The minimum Gasteiger partial charge on any atom is -0.458 e. The van der Waals surface area contributed by atoms with Gasteiger partial charge in [0.25, 0.3) is 0 Å². The smallest absolute Gasteiger partial charge is 0.154 e. The second-order valence-corrected chi connectivity index (χ2v) is 5.22. The van der Waals surface area contributed by atoms with Crippen molar-refractivity contribution in [2.75, 3.05) is 7.05 Å². The third-order valence-corrected chi connectivity index (χ3v) is 3.67. The van der Waals surface area contributed by atoms with Crippen LogP contribution in [0.3, 0.4) is 0 Å². The molecule has 0 aliphatic carbocycles. The van der Waals surface area contributed by atoms with Crippen LogP contribution in [0.4, 0.5) is 0 Å². The molecule has 0 aliphatic heterocycles. The first-order valence-corrected chi connectivity index (χ1v) is 6.35. The van der Waals surface area contributed by atoms with Crippen LogP contribution in [-0.4, -0.2) is 7.05 Å². The van der Waals surface area contributed by atoms with Crippen LogP contribution in [0, 0.1) is 5.92 Å². The van der Waals surface area contributed by atoms with Gasteiger partial charge >= 0.3 is 0 Å². The summed E-state index contributed by atoms with van der Waals surface area (Å²) in [6, 6.07) is 5.90. The molecule has 92 valence electrons. The molecule has 2 rings (SSSR count). The molecule has 1 heterocycles. The van der Waals surface area contributed by atoms with Crippen LogP contribution in [0.15, 0.2) is 22.6 Å². The molecule has 2 nitrogen and oxygen atoms in total. The Hall–Kier alpha value is -0.700. The van der Waals surface area contributed by atoms with Crippen LogP contribution in [0.1, 0.15) is 25.6 Å². The summed E-state index contributed by atoms with van der Waals surface area (Å²) in [5, 5.41) is 5.22. The fourth-order valence-electron chi connectivity index (χ4n) is 2.02. The van der Waals surface area contributed by atoms with E-state index in [1.807, 2.05) is 19.2 Å². The van der Waals surface area contributed by atoms with Crippen molar-refractivity contribution in [3.05, 3.63) is 34.0 Å². The Bertz CT molecular complexity index is 533. The summed E-state index contributed by atoms with van der Waals surface area (Å²) < 4.78 is 5.82. The molecule has 0 spiro atoms. The number of fused-ring (bicyclic) bond motifs is 1. The third-order valence-electron chi connectivity index (χ3n) is 2.88. The van der Waals surface area contributed by atoms with E-state index in [1.54, 1.807) is 6.07 Å². The van der Waals surface area contributed by atoms with Crippen LogP contribution in [0.2, 0.25) is 10.0 Å². The zero-order valence-electron chi connectivity index (χ0n) is 10.1. The largest absolute Gasteiger partial charge is 0.458 e. The van der Waals surface area contributed by atoms with E-state index >= 15 is 0 Å². The van der Waals surface area contributed by atoms with E-state index in [0.29, 0.717) is 21.5 Å². The number of nitrogens with one attached hydrogen (secondary N) is 1. The Morgan fingerprint density at radius 1 is 1.24 bits per heavy atom. The number of furan rings is 1. The highest BCUT2D eigenvalue weighted by molar-refractivity contribution is 6.44. The summed E-state index contributed by atoms with van der Waals surface area (Å²) in [4.78, 5) is 0. The van der Waals surface area contributed by atoms with Crippen molar-refractivity contribution in [3.63, 3.8) is 0 Å². The minimum absolute atomic E-state index is 0.178. The lowest BCUT2D eigenvalue weighted by Gasteiger charge is -2.17. The van der Waals surface area contributed by atoms with Gasteiger partial charge in [-0.1, -0.05) is 37.0 Å². The normalized spacial score (nSPS) is 13.5. The summed E-state index contributed by atoms with van der Waals surface area (Å²) in [5.41, 5.74) is 0.662. The Labute approximate surface area is 111 Å². The van der Waals surface area contributed by atoms with E-state index in [1.165, 1.54) is 0 Å². The van der Waals surface area contributed by atoms with Gasteiger partial charge in [-0.2, -0.15) is 0 Å². The minimum atomic E-state index is 0.178. The molecule has 0 aliphatic rings. The van der Waals surface area contributed by atoms with E-state index in [9.17, 15) is 0 Å². The fraction of sp³-hybridized carbons (Fsp3) is 0.385. The Kier molecular flexibility index (Phi) is 3.67. The van der Waals surface area contributed by atoms with Gasteiger partial charge < -0.3 is 9.73 Å². The van der Waals surface area contributed by atoms with E-state index in [2.05, 4.69) is 19.2 Å². The van der Waals surface area contributed by atoms with Gasteiger partial charge in [0.2, 0.25) is 0 Å². The summed E-state index contributed by atoms with van der Waals surface area (Å²) in [5.74, 6) is 1.33. The van der Waals surface area contributed by atoms with Crippen molar-refractivity contribution in [3.8, 4) is 0 Å². The first-order valence-electron chi connectivity index (χ1n) is 5.59. The van der Waals surface area contributed by atoms with Crippen molar-refractivity contribution >= 4 is 34.2 Å². The topological polar surface area (TPSA) is 25.2 Å². The van der Waals surface area contributed by atoms with Gasteiger partial charge in [0.15, 0.2) is 5.58 Å². The predicted octanol–water partition coefficient (Wildman–Crippen LogP) is 4.66. The van der Waals surface area contributed by atoms with Gasteiger partial charge in [-0.3, -0.25) is 0 Å². The molecular formula is C13H15Cl2NO. The molecule has 0 amide bonds. The maximum atomic E-state index is 6.12. The lowest BCUT2D eigenvalue weighted by molar-refractivity contribution is 0.371. The van der Waals surface area contributed by atoms with Crippen molar-refractivity contribution in [1.29, 1.82) is 0 Å². The monoisotopic (exact) mass is 271 g/mol. The molecule has 1 aromatic heterocycles. The summed E-state index contributed by atoms with van der Waals surface area (Å²) in [6.07, 6.45) is 0. The molecule has 4 heteroatoms.